The first kappa shape index (κ1) is 14.5. The van der Waals surface area contributed by atoms with E-state index in [0.717, 1.165) is 13.1 Å². The number of hydrogen-bond donors (Lipinski definition) is 1. The molecule has 17 heavy (non-hydrogen) atoms. The fourth-order valence-corrected chi connectivity index (χ4v) is 2.16. The maximum atomic E-state index is 12.2. The van der Waals surface area contributed by atoms with Gasteiger partial charge in [0.25, 0.3) is 0 Å². The Hall–Kier alpha value is -0.610. The first-order chi connectivity index (χ1) is 7.96. The molecule has 0 radical (unpaired) electrons. The number of carbonyl (C=O) groups is 1. The van der Waals surface area contributed by atoms with Gasteiger partial charge < -0.3 is 10.6 Å². The van der Waals surface area contributed by atoms with Crippen molar-refractivity contribution in [1.82, 2.24) is 9.80 Å². The van der Waals surface area contributed by atoms with Gasteiger partial charge in [-0.25, -0.2) is 0 Å². The first-order valence-electron chi connectivity index (χ1n) is 6.70. The highest BCUT2D eigenvalue weighted by Gasteiger charge is 2.33. The van der Waals surface area contributed by atoms with Crippen molar-refractivity contribution >= 4 is 5.91 Å². The number of rotatable bonds is 7. The predicted octanol–water partition coefficient (Wildman–Crippen LogP) is 1.06. The maximum absolute atomic E-state index is 12.2. The third-order valence-corrected chi connectivity index (χ3v) is 3.71. The quantitative estimate of drug-likeness (QED) is 0.725. The lowest BCUT2D eigenvalue weighted by atomic mass is 10.0. The molecule has 4 nitrogen and oxygen atoms in total. The molecule has 0 atom stereocenters. The number of carbonyl (C=O) groups excluding carboxylic acids is 1. The number of nitrogens with zero attached hydrogens (tertiary/aromatic N) is 2. The van der Waals surface area contributed by atoms with Crippen LogP contribution in [0.25, 0.3) is 0 Å². The number of hydrogen-bond acceptors (Lipinski definition) is 3. The lowest BCUT2D eigenvalue weighted by Gasteiger charge is -2.37. The molecule has 1 fully saturated rings. The molecule has 4 heteroatoms. The van der Waals surface area contributed by atoms with Gasteiger partial charge in [-0.15, -0.1) is 0 Å². The zero-order chi connectivity index (χ0) is 13.1. The summed E-state index contributed by atoms with van der Waals surface area (Å²) in [5.74, 6) is 0.248. The standard InChI is InChI=1S/C13H27N3O/c1-5-15(13(3,4)10-14)9-12(17)16(6-2)11-7-8-11/h11H,5-10,14H2,1-4H3. The van der Waals surface area contributed by atoms with E-state index in [9.17, 15) is 4.79 Å². The van der Waals surface area contributed by atoms with Gasteiger partial charge in [0.15, 0.2) is 0 Å². The minimum Gasteiger partial charge on any atom is -0.339 e. The van der Waals surface area contributed by atoms with E-state index in [0.29, 0.717) is 19.1 Å². The summed E-state index contributed by atoms with van der Waals surface area (Å²) in [6.45, 7) is 11.1. The Kier molecular flexibility index (Phi) is 4.95. The van der Waals surface area contributed by atoms with Gasteiger partial charge in [-0.1, -0.05) is 6.92 Å². The smallest absolute Gasteiger partial charge is 0.237 e. The molecule has 0 aromatic heterocycles. The van der Waals surface area contributed by atoms with Crippen molar-refractivity contribution in [2.75, 3.05) is 26.2 Å². The lowest BCUT2D eigenvalue weighted by Crippen LogP contribution is -2.53. The van der Waals surface area contributed by atoms with Crippen molar-refractivity contribution in [3.05, 3.63) is 0 Å². The van der Waals surface area contributed by atoms with Crippen molar-refractivity contribution in [1.29, 1.82) is 0 Å². The highest BCUT2D eigenvalue weighted by Crippen LogP contribution is 2.27. The Balaban J connectivity index is 2.58. The average molecular weight is 241 g/mol. The summed E-state index contributed by atoms with van der Waals surface area (Å²) in [5.41, 5.74) is 5.67. The predicted molar refractivity (Wildman–Crippen MR) is 70.8 cm³/mol. The molecule has 0 aromatic carbocycles. The first-order valence-corrected chi connectivity index (χ1v) is 6.70. The molecule has 0 aromatic rings. The van der Waals surface area contributed by atoms with Crippen LogP contribution >= 0.6 is 0 Å². The van der Waals surface area contributed by atoms with Crippen LogP contribution in [0.5, 0.6) is 0 Å². The van der Waals surface area contributed by atoms with Gasteiger partial charge >= 0.3 is 0 Å². The molecule has 0 unspecified atom stereocenters. The van der Waals surface area contributed by atoms with Gasteiger partial charge in [0, 0.05) is 24.7 Å². The highest BCUT2D eigenvalue weighted by atomic mass is 16.2. The van der Waals surface area contributed by atoms with Gasteiger partial charge in [0.05, 0.1) is 6.54 Å². The molecule has 0 aliphatic heterocycles. The van der Waals surface area contributed by atoms with Crippen LogP contribution in [0.4, 0.5) is 0 Å². The summed E-state index contributed by atoms with van der Waals surface area (Å²) in [6, 6.07) is 0.507. The second kappa shape index (κ2) is 5.83. The van der Waals surface area contributed by atoms with Gasteiger partial charge in [-0.2, -0.15) is 0 Å². The molecule has 0 saturated heterocycles. The Bertz CT molecular complexity index is 261. The van der Waals surface area contributed by atoms with Gasteiger partial charge in [-0.05, 0) is 40.2 Å². The van der Waals surface area contributed by atoms with Crippen LogP contribution in [0.1, 0.15) is 40.5 Å². The topological polar surface area (TPSA) is 49.6 Å². The summed E-state index contributed by atoms with van der Waals surface area (Å²) in [7, 11) is 0. The number of nitrogens with two attached hydrogens (primary N) is 1. The van der Waals surface area contributed by atoms with Crippen LogP contribution in [0.15, 0.2) is 0 Å². The Labute approximate surface area is 105 Å². The fourth-order valence-electron chi connectivity index (χ4n) is 2.16. The Morgan fingerprint density at radius 2 is 1.88 bits per heavy atom. The Morgan fingerprint density at radius 1 is 1.29 bits per heavy atom. The van der Waals surface area contributed by atoms with Crippen LogP contribution < -0.4 is 5.73 Å². The summed E-state index contributed by atoms with van der Waals surface area (Å²) in [5, 5.41) is 0. The maximum Gasteiger partial charge on any atom is 0.237 e. The summed E-state index contributed by atoms with van der Waals surface area (Å²) < 4.78 is 0. The summed E-state index contributed by atoms with van der Waals surface area (Å²) in [6.07, 6.45) is 2.35. The number of amides is 1. The van der Waals surface area contributed by atoms with Gasteiger partial charge in [-0.3, -0.25) is 9.69 Å². The lowest BCUT2D eigenvalue weighted by molar-refractivity contribution is -0.134. The second-order valence-corrected chi connectivity index (χ2v) is 5.44. The molecule has 1 rings (SSSR count). The second-order valence-electron chi connectivity index (χ2n) is 5.44. The molecule has 100 valence electrons. The largest absolute Gasteiger partial charge is 0.339 e. The van der Waals surface area contributed by atoms with Crippen LogP contribution in [0.2, 0.25) is 0 Å². The molecular formula is C13H27N3O. The molecule has 1 aliphatic carbocycles. The van der Waals surface area contributed by atoms with Crippen molar-refractivity contribution in [2.24, 2.45) is 5.73 Å². The highest BCUT2D eigenvalue weighted by molar-refractivity contribution is 5.79. The molecule has 1 saturated carbocycles. The summed E-state index contributed by atoms with van der Waals surface area (Å²) >= 11 is 0. The minimum absolute atomic E-state index is 0.104. The molecule has 0 spiro atoms. The zero-order valence-electron chi connectivity index (χ0n) is 11.7. The van der Waals surface area contributed by atoms with Crippen molar-refractivity contribution < 1.29 is 4.79 Å². The molecular weight excluding hydrogens is 214 g/mol. The SMILES string of the molecule is CCN(C(=O)CN(CC)C(C)(C)CN)C1CC1. The number of likely N-dealkylation sites (N-methyl/N-ethyl adjacent to an activating group) is 2. The normalized spacial score (nSPS) is 16.4. The van der Waals surface area contributed by atoms with E-state index >= 15 is 0 Å². The third-order valence-electron chi connectivity index (χ3n) is 3.71. The minimum atomic E-state index is -0.104. The monoisotopic (exact) mass is 241 g/mol. The molecule has 0 heterocycles. The van der Waals surface area contributed by atoms with Crippen molar-refractivity contribution in [3.63, 3.8) is 0 Å². The van der Waals surface area contributed by atoms with E-state index < -0.39 is 0 Å². The van der Waals surface area contributed by atoms with E-state index in [4.69, 9.17) is 5.73 Å². The van der Waals surface area contributed by atoms with Crippen LogP contribution in [-0.2, 0) is 4.79 Å². The van der Waals surface area contributed by atoms with Crippen LogP contribution in [-0.4, -0.2) is 53.5 Å². The molecule has 1 amide bonds. The van der Waals surface area contributed by atoms with Crippen molar-refractivity contribution in [3.8, 4) is 0 Å². The van der Waals surface area contributed by atoms with Crippen molar-refractivity contribution in [2.45, 2.75) is 52.1 Å². The molecule has 0 bridgehead atoms. The van der Waals surface area contributed by atoms with Gasteiger partial charge in [0.1, 0.15) is 0 Å². The third kappa shape index (κ3) is 3.68. The molecule has 1 aliphatic rings. The summed E-state index contributed by atoms with van der Waals surface area (Å²) in [4.78, 5) is 16.4. The van der Waals surface area contributed by atoms with Gasteiger partial charge in [0.2, 0.25) is 5.91 Å². The van der Waals surface area contributed by atoms with E-state index in [2.05, 4.69) is 32.6 Å². The van der Waals surface area contributed by atoms with E-state index in [1.807, 2.05) is 4.90 Å². The zero-order valence-corrected chi connectivity index (χ0v) is 11.7. The Morgan fingerprint density at radius 3 is 2.24 bits per heavy atom. The molecule has 2 N–H and O–H groups in total. The average Bonchev–Trinajstić information content (AvgIpc) is 3.11. The van der Waals surface area contributed by atoms with E-state index in [1.165, 1.54) is 12.8 Å². The fraction of sp³-hybridized carbons (Fsp3) is 0.923. The van der Waals surface area contributed by atoms with E-state index in [-0.39, 0.29) is 11.4 Å². The van der Waals surface area contributed by atoms with Crippen LogP contribution in [0, 0.1) is 0 Å². The van der Waals surface area contributed by atoms with Crippen LogP contribution in [0.3, 0.4) is 0 Å². The van der Waals surface area contributed by atoms with E-state index in [1.54, 1.807) is 0 Å².